The van der Waals surface area contributed by atoms with Gasteiger partial charge < -0.3 is 4.74 Å². The summed E-state index contributed by atoms with van der Waals surface area (Å²) in [6.07, 6.45) is -2.56. The summed E-state index contributed by atoms with van der Waals surface area (Å²) in [4.78, 5) is 3.74. The molecule has 0 N–H and O–H groups in total. The van der Waals surface area contributed by atoms with E-state index in [9.17, 15) is 8.78 Å². The van der Waals surface area contributed by atoms with Gasteiger partial charge in [0.05, 0.1) is 7.11 Å². The number of pyridine rings is 1. The Morgan fingerprint density at radius 3 is 2.62 bits per heavy atom. The quantitative estimate of drug-likeness (QED) is 0.696. The van der Waals surface area contributed by atoms with E-state index in [1.54, 1.807) is 0 Å². The van der Waals surface area contributed by atoms with Gasteiger partial charge in [-0.1, -0.05) is 11.6 Å². The number of hydrogen-bond acceptors (Lipinski definition) is 2. The van der Waals surface area contributed by atoms with Crippen molar-refractivity contribution in [1.82, 2.24) is 4.98 Å². The molecule has 72 valence electrons. The van der Waals surface area contributed by atoms with Crippen LogP contribution in [-0.4, -0.2) is 12.1 Å². The Balaban J connectivity index is 3.27. The van der Waals surface area contributed by atoms with Gasteiger partial charge in [-0.3, -0.25) is 0 Å². The molecule has 0 aromatic carbocycles. The maximum absolute atomic E-state index is 12.4. The maximum Gasteiger partial charge on any atom is 0.264 e. The third kappa shape index (κ3) is 2.06. The molecule has 1 aromatic rings. The van der Waals surface area contributed by atoms with E-state index >= 15 is 0 Å². The largest absolute Gasteiger partial charge is 0.481 e. The average Bonchev–Trinajstić information content (AvgIpc) is 2.08. The van der Waals surface area contributed by atoms with Crippen molar-refractivity contribution in [3.05, 3.63) is 22.3 Å². The van der Waals surface area contributed by atoms with Gasteiger partial charge in [0.1, 0.15) is 5.15 Å². The van der Waals surface area contributed by atoms with Crippen LogP contribution >= 0.6 is 11.6 Å². The van der Waals surface area contributed by atoms with E-state index in [4.69, 9.17) is 16.3 Å². The molecule has 0 aliphatic carbocycles. The second kappa shape index (κ2) is 3.87. The Morgan fingerprint density at radius 2 is 2.15 bits per heavy atom. The first-order valence-corrected chi connectivity index (χ1v) is 3.93. The average molecular weight is 208 g/mol. The van der Waals surface area contributed by atoms with Gasteiger partial charge in [0, 0.05) is 11.1 Å². The molecular weight excluding hydrogens is 200 g/mol. The monoisotopic (exact) mass is 207 g/mol. The molecule has 2 nitrogen and oxygen atoms in total. The van der Waals surface area contributed by atoms with Crippen LogP contribution in [0.15, 0.2) is 6.07 Å². The minimum Gasteiger partial charge on any atom is -0.481 e. The van der Waals surface area contributed by atoms with E-state index in [2.05, 4.69) is 4.98 Å². The second-order valence-corrected chi connectivity index (χ2v) is 2.86. The van der Waals surface area contributed by atoms with E-state index in [0.717, 1.165) is 6.07 Å². The summed E-state index contributed by atoms with van der Waals surface area (Å²) in [6, 6.07) is 1.14. The van der Waals surface area contributed by atoms with Gasteiger partial charge in [-0.2, -0.15) is 0 Å². The molecule has 1 rings (SSSR count). The van der Waals surface area contributed by atoms with Crippen LogP contribution < -0.4 is 4.74 Å². The highest BCUT2D eigenvalue weighted by atomic mass is 35.5. The first-order chi connectivity index (χ1) is 6.06. The zero-order valence-electron chi connectivity index (χ0n) is 7.14. The van der Waals surface area contributed by atoms with Crippen molar-refractivity contribution >= 4 is 11.6 Å². The van der Waals surface area contributed by atoms with Gasteiger partial charge in [-0.25, -0.2) is 13.8 Å². The Labute approximate surface area is 79.5 Å². The van der Waals surface area contributed by atoms with Crippen LogP contribution in [0.1, 0.15) is 17.6 Å². The fraction of sp³-hybridized carbons (Fsp3) is 0.375. The summed E-state index contributed by atoms with van der Waals surface area (Å²) in [5.74, 6) is 0.141. The number of halogens is 3. The SMILES string of the molecule is COc1nc(Cl)cc(C(F)F)c1C. The molecule has 0 aliphatic heterocycles. The lowest BCUT2D eigenvalue weighted by Crippen LogP contribution is -1.97. The highest BCUT2D eigenvalue weighted by Crippen LogP contribution is 2.29. The van der Waals surface area contributed by atoms with Crippen LogP contribution in [-0.2, 0) is 0 Å². The van der Waals surface area contributed by atoms with Crippen molar-refractivity contribution in [1.29, 1.82) is 0 Å². The van der Waals surface area contributed by atoms with Crippen LogP contribution in [0.5, 0.6) is 5.88 Å². The van der Waals surface area contributed by atoms with Gasteiger partial charge in [0.2, 0.25) is 5.88 Å². The molecule has 0 unspecified atom stereocenters. The summed E-state index contributed by atoms with van der Waals surface area (Å²) >= 11 is 5.52. The molecular formula is C8H8ClF2NO. The van der Waals surface area contributed by atoms with Crippen molar-refractivity contribution in [2.45, 2.75) is 13.3 Å². The summed E-state index contributed by atoms with van der Waals surface area (Å²) in [5.41, 5.74) is 0.179. The number of aromatic nitrogens is 1. The van der Waals surface area contributed by atoms with Crippen molar-refractivity contribution in [3.63, 3.8) is 0 Å². The highest BCUT2D eigenvalue weighted by molar-refractivity contribution is 6.29. The van der Waals surface area contributed by atoms with Crippen LogP contribution in [0.25, 0.3) is 0 Å². The molecule has 1 heterocycles. The van der Waals surface area contributed by atoms with Crippen molar-refractivity contribution in [3.8, 4) is 5.88 Å². The van der Waals surface area contributed by atoms with Gasteiger partial charge in [0.25, 0.3) is 6.43 Å². The number of rotatable bonds is 2. The summed E-state index contributed by atoms with van der Waals surface area (Å²) in [5, 5.41) is 0.0118. The molecule has 0 radical (unpaired) electrons. The van der Waals surface area contributed by atoms with Crippen LogP contribution in [0.3, 0.4) is 0 Å². The Morgan fingerprint density at radius 1 is 1.54 bits per heavy atom. The number of alkyl halides is 2. The van der Waals surface area contributed by atoms with E-state index < -0.39 is 6.43 Å². The Bertz CT molecular complexity index is 317. The molecule has 5 heteroatoms. The number of nitrogens with zero attached hydrogens (tertiary/aromatic N) is 1. The third-order valence-corrected chi connectivity index (χ3v) is 1.86. The maximum atomic E-state index is 12.4. The van der Waals surface area contributed by atoms with Crippen molar-refractivity contribution in [2.24, 2.45) is 0 Å². The molecule has 0 fully saturated rings. The zero-order chi connectivity index (χ0) is 10.0. The molecule has 0 saturated carbocycles. The lowest BCUT2D eigenvalue weighted by atomic mass is 10.1. The van der Waals surface area contributed by atoms with Gasteiger partial charge in [-0.05, 0) is 13.0 Å². The minimum atomic E-state index is -2.56. The summed E-state index contributed by atoms with van der Waals surface area (Å²) in [7, 11) is 1.36. The minimum absolute atomic E-state index is 0.0118. The predicted octanol–water partition coefficient (Wildman–Crippen LogP) is 2.99. The molecule has 0 spiro atoms. The fourth-order valence-electron chi connectivity index (χ4n) is 0.999. The van der Waals surface area contributed by atoms with E-state index in [-0.39, 0.29) is 16.6 Å². The van der Waals surface area contributed by atoms with E-state index in [1.165, 1.54) is 14.0 Å². The Hall–Kier alpha value is -0.900. The van der Waals surface area contributed by atoms with Crippen LogP contribution in [0, 0.1) is 6.92 Å². The molecule has 0 saturated heterocycles. The second-order valence-electron chi connectivity index (χ2n) is 2.47. The number of methoxy groups -OCH3 is 1. The lowest BCUT2D eigenvalue weighted by molar-refractivity contribution is 0.150. The van der Waals surface area contributed by atoms with Crippen LogP contribution in [0.2, 0.25) is 5.15 Å². The summed E-state index contributed by atoms with van der Waals surface area (Å²) < 4.78 is 29.6. The number of hydrogen-bond donors (Lipinski definition) is 0. The zero-order valence-corrected chi connectivity index (χ0v) is 7.90. The standard InChI is InChI=1S/C8H8ClF2NO/c1-4-5(7(10)11)3-6(9)12-8(4)13-2/h3,7H,1-2H3. The lowest BCUT2D eigenvalue weighted by Gasteiger charge is -2.08. The first-order valence-electron chi connectivity index (χ1n) is 3.55. The predicted molar refractivity (Wildman–Crippen MR) is 45.5 cm³/mol. The smallest absolute Gasteiger partial charge is 0.264 e. The Kier molecular flexibility index (Phi) is 3.03. The van der Waals surface area contributed by atoms with Gasteiger partial charge >= 0.3 is 0 Å². The molecule has 0 atom stereocenters. The number of ether oxygens (including phenoxy) is 1. The first kappa shape index (κ1) is 10.2. The molecule has 1 aromatic heterocycles. The highest BCUT2D eigenvalue weighted by Gasteiger charge is 2.15. The summed E-state index contributed by atoms with van der Waals surface area (Å²) in [6.45, 7) is 1.52. The van der Waals surface area contributed by atoms with Gasteiger partial charge in [-0.15, -0.1) is 0 Å². The molecule has 0 bridgehead atoms. The molecule has 0 amide bonds. The van der Waals surface area contributed by atoms with Gasteiger partial charge in [0.15, 0.2) is 0 Å². The third-order valence-electron chi connectivity index (χ3n) is 1.67. The van der Waals surface area contributed by atoms with Crippen LogP contribution in [0.4, 0.5) is 8.78 Å². The van der Waals surface area contributed by atoms with E-state index in [0.29, 0.717) is 5.56 Å². The fourth-order valence-corrected chi connectivity index (χ4v) is 1.19. The van der Waals surface area contributed by atoms with Crippen molar-refractivity contribution in [2.75, 3.05) is 7.11 Å². The topological polar surface area (TPSA) is 22.1 Å². The van der Waals surface area contributed by atoms with E-state index in [1.807, 2.05) is 0 Å². The molecule has 0 aliphatic rings. The normalized spacial score (nSPS) is 10.6. The van der Waals surface area contributed by atoms with Crippen molar-refractivity contribution < 1.29 is 13.5 Å². The molecule has 13 heavy (non-hydrogen) atoms.